The number of amides is 4. The van der Waals surface area contributed by atoms with E-state index in [0.717, 1.165) is 50.6 Å². The monoisotopic (exact) mass is 1620 g/mol. The molecule has 1 N–H and O–H groups in total. The van der Waals surface area contributed by atoms with Gasteiger partial charge in [0.2, 0.25) is 28.9 Å². The fourth-order valence-electron chi connectivity index (χ4n) is 11.2. The van der Waals surface area contributed by atoms with Crippen LogP contribution in [0, 0.1) is 22.2 Å². The van der Waals surface area contributed by atoms with Crippen LogP contribution in [0.2, 0.25) is 0 Å². The van der Waals surface area contributed by atoms with Crippen molar-refractivity contribution in [1.82, 2.24) is 34.9 Å². The van der Waals surface area contributed by atoms with E-state index in [1.165, 1.54) is 63.9 Å². The van der Waals surface area contributed by atoms with Gasteiger partial charge in [0.15, 0.2) is 17.3 Å². The molecular weight excluding hydrogens is 1490 g/mol. The van der Waals surface area contributed by atoms with E-state index in [9.17, 15) is 71.9 Å². The SMILES string of the molecule is C.C.CCC(=O)C(=O)Cl.CCC(=O)C(=O)N1CCC[C@H]1C(=O)CC.CCC(=O)[C@@H]1CCCN1C(=O)C(=O)C(C)(C)CC.CCC(=O)[C@@H]1CCCN1C(=O)C(=O)C(C)(C)CC.CCC(C)(C)C(=O)C(=O)N1CCC[C@H]1C(=O)OCCCc1cccnc1.CCCCc1cccnc1.CC[C-](C)C.COC(=O)C1CCCN1.[Cl-].[Mg+2]. The van der Waals surface area contributed by atoms with Crippen LogP contribution in [0.4, 0.5) is 0 Å². The van der Waals surface area contributed by atoms with Crippen LogP contribution in [0.1, 0.15) is 292 Å². The fourth-order valence-corrected chi connectivity index (χ4v) is 11.4. The number of hydrogen-bond donors (Lipinski definition) is 1. The number of halogens is 2. The number of ether oxygens (including phenoxy) is 2. The molecule has 0 spiro atoms. The number of ketones is 8. The summed E-state index contributed by atoms with van der Waals surface area (Å²) in [6, 6.07) is 6.20. The van der Waals surface area contributed by atoms with Crippen LogP contribution in [0.15, 0.2) is 49.1 Å². The van der Waals surface area contributed by atoms with Gasteiger partial charge in [0, 0.05) is 99.3 Å². The van der Waals surface area contributed by atoms with Gasteiger partial charge in [-0.3, -0.25) is 77.1 Å². The molecule has 0 aliphatic carbocycles. The van der Waals surface area contributed by atoms with Crippen LogP contribution < -0.4 is 17.7 Å². The molecule has 4 amide bonds. The molecule has 7 rings (SSSR count). The van der Waals surface area contributed by atoms with Gasteiger partial charge >= 0.3 is 35.0 Å². The van der Waals surface area contributed by atoms with Gasteiger partial charge < -0.3 is 52.7 Å². The van der Waals surface area contributed by atoms with Crippen LogP contribution in [0.5, 0.6) is 0 Å². The standard InChI is InChI=1S/C20H28N2O4.2C14H23NO3.C11H17NO3.C9H13N.C6H11NO2.C5H11.C4H5ClO2.2CH4.ClH.Mg/c1-4-20(2,3)17(23)18(24)22-12-6-10-16(22)19(25)26-13-7-9-15-8-5-11-21-14-15;2*1-5-11(16)10-8-7-9-15(10)13(18)12(17)14(3,4)6-2;1-3-9(13)8-6-5-7-12(8)11(15)10(14)4-2;1-2-3-5-9-6-4-7-10-8-9;1-9-6(8)5-3-2-4-7-5;1-4-5(2)3;1-2-3(6)4(5)7;;;;/h5,8,11,14,16H,4,6-7,9-10,12-13H2,1-3H3;2*10H,5-9H2,1-4H3;8H,3-7H2,1-2H3;4,6-8H,2-3,5H2,1H3;5,7H,2-4H2,1H3;4H2,1-3H3;2H2,1H3;2*1H4;1H;/q;;;;;;-1;;;;;+2/p-1/t16-;2*10-;8-;;;;;;;;/m0000......../s1. The summed E-state index contributed by atoms with van der Waals surface area (Å²) in [6.45, 7) is 36.8. The predicted octanol–water partition coefficient (Wildman–Crippen LogP) is 10.4. The molecule has 0 radical (unpaired) electrons. The average Bonchev–Trinajstić information content (AvgIpc) is 1.62. The van der Waals surface area contributed by atoms with Gasteiger partial charge in [-0.05, 0) is 151 Å². The van der Waals surface area contributed by atoms with Crippen molar-refractivity contribution < 1.29 is 93.8 Å². The van der Waals surface area contributed by atoms with Crippen LogP contribution in [0.25, 0.3) is 0 Å². The second-order valence-corrected chi connectivity index (χ2v) is 29.8. The van der Waals surface area contributed by atoms with Gasteiger partial charge in [0.1, 0.15) is 12.1 Å². The number of pyridine rings is 2. The molecule has 5 aliphatic heterocycles. The van der Waals surface area contributed by atoms with Gasteiger partial charge in [-0.2, -0.15) is 20.3 Å². The maximum Gasteiger partial charge on any atom is 2.00 e. The Kier molecular flexibility index (Phi) is 62.0. The third-order valence-electron chi connectivity index (χ3n) is 20.0. The van der Waals surface area contributed by atoms with E-state index in [2.05, 4.69) is 53.8 Å². The zero-order valence-corrected chi connectivity index (χ0v) is 72.7. The first-order valence-electron chi connectivity index (χ1n) is 39.2. The summed E-state index contributed by atoms with van der Waals surface area (Å²) in [5.74, 6) is -2.98. The molecule has 27 heteroatoms. The van der Waals surface area contributed by atoms with Gasteiger partial charge in [-0.25, -0.2) is 4.79 Å². The third-order valence-corrected chi connectivity index (χ3v) is 20.2. The van der Waals surface area contributed by atoms with Crippen LogP contribution in [0.3, 0.4) is 0 Å². The van der Waals surface area contributed by atoms with Crippen molar-refractivity contribution in [2.24, 2.45) is 16.2 Å². The second kappa shape index (κ2) is 60.9. The summed E-state index contributed by atoms with van der Waals surface area (Å²) in [6.07, 6.45) is 24.9. The minimum absolute atomic E-state index is 0. The van der Waals surface area contributed by atoms with Gasteiger partial charge in [0.05, 0.1) is 31.8 Å². The number of Topliss-reactive ketones (excluding diaryl/α,β-unsaturated/α-hetero) is 8. The van der Waals surface area contributed by atoms with Gasteiger partial charge in [-0.15, -0.1) is 0 Å². The number of esters is 2. The molecule has 5 atom stereocenters. The Bertz CT molecular complexity index is 3130. The number of carbonyl (C=O) groups is 15. The average molecular weight is 1630 g/mol. The van der Waals surface area contributed by atoms with Crippen LogP contribution in [-0.4, -0.2) is 216 Å². The molecule has 7 heterocycles. The molecule has 112 heavy (non-hydrogen) atoms. The topological polar surface area (TPSA) is 325 Å². The Hall–Kier alpha value is -6.54. The molecule has 5 fully saturated rings. The Morgan fingerprint density at radius 2 is 0.830 bits per heavy atom. The van der Waals surface area contributed by atoms with Crippen LogP contribution in [-0.2, 0) is 94.2 Å². The maximum absolute atomic E-state index is 12.5. The Balaban J connectivity index is -0.000000404. The molecule has 24 nitrogen and oxygen atoms in total. The molecular formula is C85H139Cl2MgN7O17. The molecule has 0 bridgehead atoms. The minimum atomic E-state index is -0.873. The van der Waals surface area contributed by atoms with Crippen molar-refractivity contribution >= 4 is 122 Å². The summed E-state index contributed by atoms with van der Waals surface area (Å²) in [4.78, 5) is 188. The third kappa shape index (κ3) is 40.2. The number of hydrogen-bond acceptors (Lipinski definition) is 20. The van der Waals surface area contributed by atoms with E-state index in [1.54, 1.807) is 88.6 Å². The van der Waals surface area contributed by atoms with E-state index in [4.69, 9.17) is 16.3 Å². The minimum Gasteiger partial charge on any atom is -1.00 e. The molecule has 1 unspecified atom stereocenters. The summed E-state index contributed by atoms with van der Waals surface area (Å²) in [5, 5.41) is 2.16. The molecule has 5 aliphatic rings. The Morgan fingerprint density at radius 3 is 1.10 bits per heavy atom. The molecule has 2 aromatic rings. The zero-order valence-electron chi connectivity index (χ0n) is 69.8. The normalized spacial score (nSPS) is 17.1. The predicted molar refractivity (Wildman–Crippen MR) is 437 cm³/mol. The summed E-state index contributed by atoms with van der Waals surface area (Å²) in [5.41, 5.74) is 0.453. The van der Waals surface area contributed by atoms with E-state index >= 15 is 0 Å². The van der Waals surface area contributed by atoms with Crippen LogP contribution >= 0.6 is 11.6 Å². The first-order valence-corrected chi connectivity index (χ1v) is 39.5. The number of rotatable bonds is 29. The Morgan fingerprint density at radius 1 is 0.491 bits per heavy atom. The van der Waals surface area contributed by atoms with Crippen molar-refractivity contribution in [3.63, 3.8) is 0 Å². The summed E-state index contributed by atoms with van der Waals surface area (Å²) < 4.78 is 9.89. The molecule has 632 valence electrons. The largest absolute Gasteiger partial charge is 2.00 e. The molecule has 0 saturated carbocycles. The number of unbranched alkanes of at least 4 members (excludes halogenated alkanes) is 1. The van der Waals surface area contributed by atoms with Crippen molar-refractivity contribution in [2.45, 2.75) is 324 Å². The first-order chi connectivity index (χ1) is 50.9. The smallest absolute Gasteiger partial charge is 1.00 e. The van der Waals surface area contributed by atoms with Gasteiger partial charge in [0.25, 0.3) is 28.9 Å². The number of nitrogens with one attached hydrogen (secondary N) is 1. The molecule has 2 aromatic heterocycles. The summed E-state index contributed by atoms with van der Waals surface area (Å²) >= 11 is 4.74. The number of carbonyl (C=O) groups excluding carboxylic acids is 15. The fraction of sp³-hybridized carbons (Fsp3) is 0.694. The van der Waals surface area contributed by atoms with Crippen molar-refractivity contribution in [1.29, 1.82) is 0 Å². The number of methoxy groups -OCH3 is 1. The van der Waals surface area contributed by atoms with Crippen molar-refractivity contribution in [3.8, 4) is 0 Å². The molecule has 0 aromatic carbocycles. The number of aromatic nitrogens is 2. The summed E-state index contributed by atoms with van der Waals surface area (Å²) in [7, 11) is 1.42. The van der Waals surface area contributed by atoms with E-state index < -0.39 is 74.5 Å². The number of aryl methyl sites for hydroxylation is 2. The maximum atomic E-state index is 12.5. The van der Waals surface area contributed by atoms with Crippen molar-refractivity contribution in [2.75, 3.05) is 46.4 Å². The Labute approximate surface area is 698 Å². The van der Waals surface area contributed by atoms with E-state index in [-0.39, 0.29) is 122 Å². The quantitative estimate of drug-likeness (QED) is 0.0197. The second-order valence-electron chi connectivity index (χ2n) is 29.4. The van der Waals surface area contributed by atoms with E-state index in [1.807, 2.05) is 51.4 Å². The zero-order chi connectivity index (χ0) is 82.5. The van der Waals surface area contributed by atoms with Gasteiger partial charge in [-0.1, -0.05) is 144 Å². The van der Waals surface area contributed by atoms with E-state index in [0.29, 0.717) is 110 Å². The number of likely N-dealkylation sites (tertiary alicyclic amines) is 4. The number of nitrogens with zero attached hydrogens (tertiary/aromatic N) is 6. The molecule has 5 saturated heterocycles. The first kappa shape index (κ1) is 114. The van der Waals surface area contributed by atoms with Crippen molar-refractivity contribution in [3.05, 3.63) is 66.1 Å².